The van der Waals surface area contributed by atoms with Crippen molar-refractivity contribution < 1.29 is 13.4 Å². The Balaban J connectivity index is 2.41. The third kappa shape index (κ3) is 9.78. The highest BCUT2D eigenvalue weighted by Gasteiger charge is 2.43. The van der Waals surface area contributed by atoms with Gasteiger partial charge in [-0.15, -0.1) is 0 Å². The zero-order valence-corrected chi connectivity index (χ0v) is 17.9. The molecule has 0 aromatic heterocycles. The Morgan fingerprint density at radius 2 is 1.96 bits per heavy atom. The molecule has 3 unspecified atom stereocenters. The fourth-order valence-electron chi connectivity index (χ4n) is 2.77. The van der Waals surface area contributed by atoms with Gasteiger partial charge in [0.05, 0.1) is 0 Å². The summed E-state index contributed by atoms with van der Waals surface area (Å²) in [6.45, 7) is 9.00. The highest BCUT2D eigenvalue weighted by Crippen LogP contribution is 2.24. The topological polar surface area (TPSA) is 39.7 Å². The maximum Gasteiger partial charge on any atom is 0.517 e. The van der Waals surface area contributed by atoms with Gasteiger partial charge in [-0.1, -0.05) is 52.9 Å². The van der Waals surface area contributed by atoms with Gasteiger partial charge < -0.3 is 8.85 Å². The summed E-state index contributed by atoms with van der Waals surface area (Å²) in [6.07, 6.45) is 10.7. The molecular weight excluding hydrogens is 338 g/mol. The molecule has 4 nitrogen and oxygen atoms in total. The molecule has 1 rings (SSSR count). The van der Waals surface area contributed by atoms with Crippen molar-refractivity contribution in [2.24, 2.45) is 5.92 Å². The van der Waals surface area contributed by atoms with Crippen molar-refractivity contribution in [3.63, 3.8) is 0 Å². The molecule has 0 aliphatic carbocycles. The first-order valence-electron chi connectivity index (χ1n) is 9.98. The van der Waals surface area contributed by atoms with E-state index >= 15 is 0 Å². The van der Waals surface area contributed by atoms with E-state index in [1.165, 1.54) is 32.1 Å². The Labute approximate surface area is 156 Å². The van der Waals surface area contributed by atoms with Crippen LogP contribution in [0.15, 0.2) is 0 Å². The summed E-state index contributed by atoms with van der Waals surface area (Å²) in [5, 5.41) is 0.392. The predicted octanol–water partition coefficient (Wildman–Crippen LogP) is 4.98. The van der Waals surface area contributed by atoms with E-state index in [0.717, 1.165) is 51.5 Å². The summed E-state index contributed by atoms with van der Waals surface area (Å²) in [5.41, 5.74) is 3.13. The van der Waals surface area contributed by atoms with Gasteiger partial charge in [-0.05, 0) is 31.6 Å². The highest BCUT2D eigenvalue weighted by molar-refractivity contribution is 7.80. The van der Waals surface area contributed by atoms with Crippen molar-refractivity contribution >= 4 is 21.4 Å². The summed E-state index contributed by atoms with van der Waals surface area (Å²) in [4.78, 5) is 0. The van der Waals surface area contributed by atoms with Crippen molar-refractivity contribution in [2.75, 3.05) is 19.8 Å². The fraction of sp³-hybridized carbons (Fsp3) is 1.00. The lowest BCUT2D eigenvalue weighted by atomic mass is 10.1. The third-order valence-electron chi connectivity index (χ3n) is 4.67. The van der Waals surface area contributed by atoms with Crippen LogP contribution in [0.2, 0.25) is 6.04 Å². The molecule has 0 aromatic rings. The Morgan fingerprint density at radius 3 is 2.71 bits per heavy atom. The number of hydrogen-bond acceptors (Lipinski definition) is 5. The molecule has 144 valence electrons. The van der Waals surface area contributed by atoms with Crippen LogP contribution in [0.3, 0.4) is 0 Å². The van der Waals surface area contributed by atoms with Gasteiger partial charge >= 0.3 is 8.80 Å². The molecule has 1 heterocycles. The van der Waals surface area contributed by atoms with Crippen LogP contribution in [0.5, 0.6) is 0 Å². The van der Waals surface area contributed by atoms with Gasteiger partial charge in [0.15, 0.2) is 0 Å². The lowest BCUT2D eigenvalue weighted by Gasteiger charge is -2.33. The van der Waals surface area contributed by atoms with E-state index in [2.05, 4.69) is 38.9 Å². The van der Waals surface area contributed by atoms with Gasteiger partial charge in [0.25, 0.3) is 0 Å². The Kier molecular flexibility index (Phi) is 12.7. The van der Waals surface area contributed by atoms with Gasteiger partial charge in [0.2, 0.25) is 0 Å². The smallest absolute Gasteiger partial charge is 0.373 e. The molecule has 0 spiro atoms. The maximum absolute atomic E-state index is 6.24. The molecule has 1 aliphatic heterocycles. The number of hydrogen-bond donors (Lipinski definition) is 2. The molecule has 0 saturated carbocycles. The molecule has 1 aliphatic rings. The number of nitrogens with one attached hydrogen (secondary N) is 1. The van der Waals surface area contributed by atoms with Gasteiger partial charge in [0, 0.05) is 31.1 Å². The largest absolute Gasteiger partial charge is 0.517 e. The summed E-state index contributed by atoms with van der Waals surface area (Å²) in [6, 6.07) is 0.853. The molecule has 24 heavy (non-hydrogen) atoms. The summed E-state index contributed by atoms with van der Waals surface area (Å²) in [5.74, 6) is 0.573. The van der Waals surface area contributed by atoms with E-state index in [0.29, 0.717) is 11.2 Å². The number of unbranched alkanes of at least 4 members (excludes halogenated alkanes) is 5. The first-order valence-corrected chi connectivity index (χ1v) is 12.4. The van der Waals surface area contributed by atoms with Crippen LogP contribution >= 0.6 is 12.6 Å². The molecule has 6 heteroatoms. The van der Waals surface area contributed by atoms with E-state index in [1.54, 1.807) is 0 Å². The van der Waals surface area contributed by atoms with Gasteiger partial charge in [-0.25, -0.2) is 5.48 Å². The fourth-order valence-corrected chi connectivity index (χ4v) is 5.62. The number of rotatable bonds is 12. The van der Waals surface area contributed by atoms with Crippen LogP contribution in [0.25, 0.3) is 0 Å². The minimum atomic E-state index is -2.61. The quantitative estimate of drug-likeness (QED) is 0.286. The molecule has 3 atom stereocenters. The lowest BCUT2D eigenvalue weighted by molar-refractivity contribution is -0.00196. The molecule has 1 fully saturated rings. The lowest BCUT2D eigenvalue weighted by Crippen LogP contribution is -2.52. The summed E-state index contributed by atoms with van der Waals surface area (Å²) >= 11 is 4.62. The molecular formula is C18H39NO3SSi. The Bertz CT molecular complexity index is 300. The van der Waals surface area contributed by atoms with Gasteiger partial charge in [0.1, 0.15) is 0 Å². The van der Waals surface area contributed by atoms with Crippen molar-refractivity contribution in [3.8, 4) is 0 Å². The minimum absolute atomic E-state index is 0.392. The van der Waals surface area contributed by atoms with E-state index in [4.69, 9.17) is 13.4 Å². The molecule has 0 amide bonds. The van der Waals surface area contributed by atoms with Crippen molar-refractivity contribution in [1.29, 1.82) is 0 Å². The van der Waals surface area contributed by atoms with Gasteiger partial charge in [-0.3, -0.25) is 4.53 Å². The summed E-state index contributed by atoms with van der Waals surface area (Å²) < 4.78 is 18.4. The van der Waals surface area contributed by atoms with Crippen LogP contribution in [-0.2, 0) is 13.4 Å². The first-order chi connectivity index (χ1) is 11.6. The van der Waals surface area contributed by atoms with Crippen molar-refractivity contribution in [2.45, 2.75) is 89.9 Å². The zero-order valence-electron chi connectivity index (χ0n) is 16.0. The molecule has 0 aromatic carbocycles. The molecule has 1 saturated heterocycles. The van der Waals surface area contributed by atoms with Gasteiger partial charge in [-0.2, -0.15) is 12.6 Å². The van der Waals surface area contributed by atoms with E-state index < -0.39 is 8.80 Å². The van der Waals surface area contributed by atoms with E-state index in [9.17, 15) is 0 Å². The number of thiol groups is 1. The zero-order chi connectivity index (χ0) is 17.7. The standard InChI is InChI=1S/C18H39NO3SSi/c1-4-6-7-8-9-10-13-20-24(15-12-18(23)5-2)21-14-11-17(3)16-19-22-24/h17-19,23H,4-16H2,1-3H3. The average Bonchev–Trinajstić information content (AvgIpc) is 2.56. The Hall–Kier alpha value is 0.407. The number of hydroxylamine groups is 1. The molecule has 1 N–H and O–H groups in total. The van der Waals surface area contributed by atoms with Crippen LogP contribution in [0, 0.1) is 5.92 Å². The Morgan fingerprint density at radius 1 is 1.21 bits per heavy atom. The van der Waals surface area contributed by atoms with Crippen LogP contribution in [-0.4, -0.2) is 33.8 Å². The van der Waals surface area contributed by atoms with E-state index in [1.807, 2.05) is 0 Å². The third-order valence-corrected chi connectivity index (χ3v) is 7.93. The second kappa shape index (κ2) is 13.6. The molecule has 0 radical (unpaired) electrons. The SMILES string of the molecule is CCCCCCCCO[Si]1(CCC(S)CC)OCCC(C)CNO1. The van der Waals surface area contributed by atoms with Crippen LogP contribution in [0.4, 0.5) is 0 Å². The van der Waals surface area contributed by atoms with Crippen LogP contribution in [0.1, 0.15) is 78.6 Å². The van der Waals surface area contributed by atoms with Crippen LogP contribution < -0.4 is 5.48 Å². The molecule has 0 bridgehead atoms. The highest BCUT2D eigenvalue weighted by atomic mass is 32.1. The van der Waals surface area contributed by atoms with E-state index in [-0.39, 0.29) is 0 Å². The first kappa shape index (κ1) is 22.4. The second-order valence-electron chi connectivity index (χ2n) is 7.09. The normalized spacial score (nSPS) is 26.8. The monoisotopic (exact) mass is 377 g/mol. The maximum atomic E-state index is 6.24. The predicted molar refractivity (Wildman–Crippen MR) is 106 cm³/mol. The summed E-state index contributed by atoms with van der Waals surface area (Å²) in [7, 11) is -2.61. The van der Waals surface area contributed by atoms with Crippen molar-refractivity contribution in [3.05, 3.63) is 0 Å². The minimum Gasteiger partial charge on any atom is -0.373 e. The van der Waals surface area contributed by atoms with Crippen molar-refractivity contribution in [1.82, 2.24) is 5.48 Å². The average molecular weight is 378 g/mol. The second-order valence-corrected chi connectivity index (χ2v) is 10.5.